The number of aryl methyl sites for hydroxylation is 1. The first-order chi connectivity index (χ1) is 11.2. The highest BCUT2D eigenvalue weighted by molar-refractivity contribution is 7.98. The summed E-state index contributed by atoms with van der Waals surface area (Å²) in [7, 11) is 2.04. The van der Waals surface area contributed by atoms with Crippen LogP contribution in [0.1, 0.15) is 49.9 Å². The molecule has 1 fully saturated rings. The maximum atomic E-state index is 12.9. The second-order valence-electron chi connectivity index (χ2n) is 6.42. The number of thioether (sulfide) groups is 1. The van der Waals surface area contributed by atoms with Gasteiger partial charge in [0.1, 0.15) is 11.6 Å². The van der Waals surface area contributed by atoms with E-state index in [4.69, 9.17) is 0 Å². The molecule has 0 N–H and O–H groups in total. The van der Waals surface area contributed by atoms with Gasteiger partial charge in [-0.2, -0.15) is 0 Å². The maximum absolute atomic E-state index is 12.9. The first-order valence-electron chi connectivity index (χ1n) is 8.48. The number of nitrogens with zero attached hydrogens (tertiary/aromatic N) is 3. The summed E-state index contributed by atoms with van der Waals surface area (Å²) in [6, 6.07) is 6.65. The summed E-state index contributed by atoms with van der Waals surface area (Å²) in [6.45, 7) is 0. The fourth-order valence-corrected chi connectivity index (χ4v) is 4.11. The van der Waals surface area contributed by atoms with Crippen molar-refractivity contribution in [2.75, 3.05) is 0 Å². The van der Waals surface area contributed by atoms with Gasteiger partial charge in [0.15, 0.2) is 5.16 Å². The summed E-state index contributed by atoms with van der Waals surface area (Å²) in [6.07, 6.45) is 9.20. The molecule has 0 unspecified atom stereocenters. The standard InChI is InChI=1S/C18H24FN3S/c1-22-17(12-9-14-5-3-2-4-6-14)20-21-18(22)23-13-15-7-10-16(19)11-8-15/h7-8,10-11,14H,2-6,9,12-13H2,1H3. The quantitative estimate of drug-likeness (QED) is 0.714. The van der Waals surface area contributed by atoms with Crippen molar-refractivity contribution >= 4 is 11.8 Å². The van der Waals surface area contributed by atoms with Gasteiger partial charge in [0, 0.05) is 19.2 Å². The number of hydrogen-bond donors (Lipinski definition) is 0. The highest BCUT2D eigenvalue weighted by atomic mass is 32.2. The summed E-state index contributed by atoms with van der Waals surface area (Å²) in [5, 5.41) is 9.61. The molecule has 5 heteroatoms. The first kappa shape index (κ1) is 16.5. The van der Waals surface area contributed by atoms with E-state index in [1.165, 1.54) is 50.7 Å². The molecule has 1 aromatic heterocycles. The van der Waals surface area contributed by atoms with Crippen molar-refractivity contribution in [2.45, 2.75) is 55.9 Å². The molecule has 0 spiro atoms. The van der Waals surface area contributed by atoms with E-state index >= 15 is 0 Å². The van der Waals surface area contributed by atoms with Crippen molar-refractivity contribution in [3.05, 3.63) is 41.5 Å². The first-order valence-corrected chi connectivity index (χ1v) is 9.46. The average Bonchev–Trinajstić information content (AvgIpc) is 2.93. The molecule has 1 heterocycles. The molecule has 1 aliphatic carbocycles. The minimum atomic E-state index is -0.192. The van der Waals surface area contributed by atoms with E-state index < -0.39 is 0 Å². The molecule has 1 aromatic carbocycles. The highest BCUT2D eigenvalue weighted by Gasteiger charge is 2.16. The molecule has 1 saturated carbocycles. The van der Waals surface area contributed by atoms with E-state index in [0.29, 0.717) is 0 Å². The van der Waals surface area contributed by atoms with E-state index in [1.54, 1.807) is 11.8 Å². The molecular weight excluding hydrogens is 309 g/mol. The SMILES string of the molecule is Cn1c(CCC2CCCCC2)nnc1SCc1ccc(F)cc1. The summed E-state index contributed by atoms with van der Waals surface area (Å²) < 4.78 is 15.0. The smallest absolute Gasteiger partial charge is 0.191 e. The Bertz CT molecular complexity index is 618. The molecule has 3 nitrogen and oxygen atoms in total. The van der Waals surface area contributed by atoms with Crippen LogP contribution >= 0.6 is 11.8 Å². The van der Waals surface area contributed by atoms with E-state index in [0.717, 1.165) is 34.6 Å². The van der Waals surface area contributed by atoms with Crippen LogP contribution in [0, 0.1) is 11.7 Å². The lowest BCUT2D eigenvalue weighted by Gasteiger charge is -2.20. The fraction of sp³-hybridized carbons (Fsp3) is 0.556. The van der Waals surface area contributed by atoms with Gasteiger partial charge in [-0.05, 0) is 30.0 Å². The van der Waals surface area contributed by atoms with Crippen molar-refractivity contribution < 1.29 is 4.39 Å². The van der Waals surface area contributed by atoms with Crippen LogP contribution in [0.15, 0.2) is 29.4 Å². The molecule has 2 aromatic rings. The van der Waals surface area contributed by atoms with Crippen LogP contribution in [-0.2, 0) is 19.2 Å². The molecule has 1 aliphatic rings. The lowest BCUT2D eigenvalue weighted by molar-refractivity contribution is 0.336. The van der Waals surface area contributed by atoms with Crippen LogP contribution < -0.4 is 0 Å². The second kappa shape index (κ2) is 7.95. The maximum Gasteiger partial charge on any atom is 0.191 e. The minimum Gasteiger partial charge on any atom is -0.309 e. The van der Waals surface area contributed by atoms with E-state index in [2.05, 4.69) is 14.8 Å². The normalized spacial score (nSPS) is 15.9. The zero-order valence-corrected chi connectivity index (χ0v) is 14.5. The number of benzene rings is 1. The summed E-state index contributed by atoms with van der Waals surface area (Å²) in [5.41, 5.74) is 1.10. The van der Waals surface area contributed by atoms with Crippen molar-refractivity contribution in [1.29, 1.82) is 0 Å². The van der Waals surface area contributed by atoms with Crippen molar-refractivity contribution in [3.8, 4) is 0 Å². The van der Waals surface area contributed by atoms with Crippen molar-refractivity contribution in [1.82, 2.24) is 14.8 Å². The van der Waals surface area contributed by atoms with Gasteiger partial charge < -0.3 is 4.57 Å². The third-order valence-electron chi connectivity index (χ3n) is 4.71. The molecule has 0 radical (unpaired) electrons. The number of hydrogen-bond acceptors (Lipinski definition) is 3. The van der Waals surface area contributed by atoms with E-state index in [-0.39, 0.29) is 5.82 Å². The zero-order chi connectivity index (χ0) is 16.1. The fourth-order valence-electron chi connectivity index (χ4n) is 3.23. The Morgan fingerprint density at radius 3 is 2.61 bits per heavy atom. The zero-order valence-electron chi connectivity index (χ0n) is 13.7. The Balaban J connectivity index is 1.52. The molecule has 3 rings (SSSR count). The Morgan fingerprint density at radius 2 is 1.87 bits per heavy atom. The minimum absolute atomic E-state index is 0.192. The number of aromatic nitrogens is 3. The lowest BCUT2D eigenvalue weighted by atomic mass is 9.86. The second-order valence-corrected chi connectivity index (χ2v) is 7.36. The largest absolute Gasteiger partial charge is 0.309 e. The highest BCUT2D eigenvalue weighted by Crippen LogP contribution is 2.28. The molecule has 0 aliphatic heterocycles. The van der Waals surface area contributed by atoms with Crippen LogP contribution in [0.3, 0.4) is 0 Å². The summed E-state index contributed by atoms with van der Waals surface area (Å²) >= 11 is 1.66. The summed E-state index contributed by atoms with van der Waals surface area (Å²) in [4.78, 5) is 0. The van der Waals surface area contributed by atoms with Crippen LogP contribution in [0.2, 0.25) is 0 Å². The van der Waals surface area contributed by atoms with Crippen LogP contribution in [0.5, 0.6) is 0 Å². The van der Waals surface area contributed by atoms with Gasteiger partial charge in [-0.25, -0.2) is 4.39 Å². The number of rotatable bonds is 6. The van der Waals surface area contributed by atoms with Crippen molar-refractivity contribution in [2.24, 2.45) is 13.0 Å². The van der Waals surface area contributed by atoms with Gasteiger partial charge in [-0.15, -0.1) is 10.2 Å². The van der Waals surface area contributed by atoms with Gasteiger partial charge in [-0.3, -0.25) is 0 Å². The molecule has 124 valence electrons. The van der Waals surface area contributed by atoms with Crippen LogP contribution in [0.4, 0.5) is 4.39 Å². The van der Waals surface area contributed by atoms with Crippen LogP contribution in [0.25, 0.3) is 0 Å². The van der Waals surface area contributed by atoms with Gasteiger partial charge in [0.05, 0.1) is 0 Å². The number of halogens is 1. The van der Waals surface area contributed by atoms with Crippen molar-refractivity contribution in [3.63, 3.8) is 0 Å². The molecule has 0 bridgehead atoms. The van der Waals surface area contributed by atoms with E-state index in [9.17, 15) is 4.39 Å². The monoisotopic (exact) mass is 333 g/mol. The van der Waals surface area contributed by atoms with Crippen LogP contribution in [-0.4, -0.2) is 14.8 Å². The average molecular weight is 333 g/mol. The topological polar surface area (TPSA) is 30.7 Å². The van der Waals surface area contributed by atoms with Gasteiger partial charge in [0.25, 0.3) is 0 Å². The third-order valence-corrected chi connectivity index (χ3v) is 5.80. The molecular formula is C18H24FN3S. The van der Waals surface area contributed by atoms with Gasteiger partial charge in [-0.1, -0.05) is 56.0 Å². The Hall–Kier alpha value is -1.36. The predicted octanol–water partition coefficient (Wildman–Crippen LogP) is 4.76. The van der Waals surface area contributed by atoms with E-state index in [1.807, 2.05) is 19.2 Å². The molecule has 23 heavy (non-hydrogen) atoms. The predicted molar refractivity (Wildman–Crippen MR) is 91.9 cm³/mol. The molecule has 0 amide bonds. The molecule has 0 saturated heterocycles. The molecule has 0 atom stereocenters. The Labute approximate surface area is 141 Å². The Kier molecular flexibility index (Phi) is 5.70. The lowest BCUT2D eigenvalue weighted by Crippen LogP contribution is -2.09. The summed E-state index contributed by atoms with van der Waals surface area (Å²) in [5.74, 6) is 2.55. The van der Waals surface area contributed by atoms with Gasteiger partial charge >= 0.3 is 0 Å². The van der Waals surface area contributed by atoms with Gasteiger partial charge in [0.2, 0.25) is 0 Å². The third kappa shape index (κ3) is 4.56. The Morgan fingerprint density at radius 1 is 1.13 bits per heavy atom.